The number of amides is 2. The lowest BCUT2D eigenvalue weighted by Gasteiger charge is -2.36. The highest BCUT2D eigenvalue weighted by Crippen LogP contribution is 2.17. The van der Waals surface area contributed by atoms with Crippen LogP contribution in [-0.4, -0.2) is 49.4 Å². The number of carbonyl (C=O) groups is 2. The molecule has 0 saturated carbocycles. The quantitative estimate of drug-likeness (QED) is 0.680. The van der Waals surface area contributed by atoms with Crippen LogP contribution in [0.3, 0.4) is 0 Å². The van der Waals surface area contributed by atoms with Crippen LogP contribution in [0.25, 0.3) is 0 Å². The molecule has 2 amide bonds. The number of urea groups is 1. The van der Waals surface area contributed by atoms with Crippen molar-refractivity contribution in [2.24, 2.45) is 0 Å². The van der Waals surface area contributed by atoms with Gasteiger partial charge in [0, 0.05) is 44.0 Å². The Morgan fingerprint density at radius 2 is 1.81 bits per heavy atom. The van der Waals surface area contributed by atoms with Gasteiger partial charge in [-0.2, -0.15) is 0 Å². The molecule has 1 heterocycles. The Labute approximate surface area is 125 Å². The van der Waals surface area contributed by atoms with E-state index in [1.54, 1.807) is 13.0 Å². The van der Waals surface area contributed by atoms with Crippen molar-refractivity contribution in [2.75, 3.05) is 37.6 Å². The molecule has 112 valence electrons. The van der Waals surface area contributed by atoms with Gasteiger partial charge in [0.25, 0.3) is 0 Å². The second-order valence-electron chi connectivity index (χ2n) is 5.05. The molecule has 5 nitrogen and oxygen atoms in total. The molecule has 1 aliphatic rings. The maximum atomic E-state index is 11.8. The molecule has 2 rings (SSSR count). The molecule has 0 aliphatic carbocycles. The van der Waals surface area contributed by atoms with Gasteiger partial charge in [0.2, 0.25) is 0 Å². The molecule has 0 atom stereocenters. The van der Waals surface area contributed by atoms with Crippen molar-refractivity contribution in [2.45, 2.75) is 6.92 Å². The van der Waals surface area contributed by atoms with Crippen LogP contribution in [0.5, 0.6) is 0 Å². The summed E-state index contributed by atoms with van der Waals surface area (Å²) in [6, 6.07) is 7.58. The fraction of sp³-hybridized carbons (Fsp3) is 0.375. The van der Waals surface area contributed by atoms with Gasteiger partial charge < -0.3 is 15.1 Å². The number of hydrogen-bond acceptors (Lipinski definition) is 3. The molecule has 21 heavy (non-hydrogen) atoms. The number of anilines is 1. The van der Waals surface area contributed by atoms with Crippen molar-refractivity contribution in [3.8, 4) is 0 Å². The van der Waals surface area contributed by atoms with Crippen LogP contribution < -0.4 is 10.2 Å². The Kier molecular flexibility index (Phi) is 4.98. The highest BCUT2D eigenvalue weighted by atomic mass is 16.2. The lowest BCUT2D eigenvalue weighted by Crippen LogP contribution is -2.51. The first-order valence-electron chi connectivity index (χ1n) is 7.11. The summed E-state index contributed by atoms with van der Waals surface area (Å²) in [5.41, 5.74) is 1.81. The third-order valence-electron chi connectivity index (χ3n) is 3.60. The Balaban J connectivity index is 1.90. The van der Waals surface area contributed by atoms with E-state index in [2.05, 4.69) is 16.8 Å². The molecular formula is C16H21N3O2. The zero-order chi connectivity index (χ0) is 15.2. The fourth-order valence-corrected chi connectivity index (χ4v) is 2.35. The van der Waals surface area contributed by atoms with E-state index < -0.39 is 0 Å². The molecule has 0 unspecified atom stereocenters. The topological polar surface area (TPSA) is 52.7 Å². The highest BCUT2D eigenvalue weighted by Gasteiger charge is 2.20. The predicted octanol–water partition coefficient (Wildman–Crippen LogP) is 1.91. The molecule has 1 fully saturated rings. The van der Waals surface area contributed by atoms with Gasteiger partial charge in [-0.25, -0.2) is 4.79 Å². The maximum Gasteiger partial charge on any atom is 0.317 e. The number of nitrogens with one attached hydrogen (secondary N) is 1. The molecule has 1 aliphatic heterocycles. The van der Waals surface area contributed by atoms with Crippen LogP contribution in [0.2, 0.25) is 0 Å². The Hall–Kier alpha value is -2.30. The van der Waals surface area contributed by atoms with E-state index in [1.165, 1.54) is 0 Å². The second-order valence-corrected chi connectivity index (χ2v) is 5.05. The number of Topliss-reactive ketones (excluding diaryl/α,β-unsaturated/α-hetero) is 1. The van der Waals surface area contributed by atoms with Crippen molar-refractivity contribution in [3.63, 3.8) is 0 Å². The lowest BCUT2D eigenvalue weighted by atomic mass is 10.1. The van der Waals surface area contributed by atoms with Gasteiger partial charge in [0.05, 0.1) is 0 Å². The molecule has 0 bridgehead atoms. The predicted molar refractivity (Wildman–Crippen MR) is 83.8 cm³/mol. The van der Waals surface area contributed by atoms with Gasteiger partial charge in [0.1, 0.15) is 0 Å². The largest absolute Gasteiger partial charge is 0.368 e. The first kappa shape index (κ1) is 15.1. The van der Waals surface area contributed by atoms with Crippen LogP contribution in [0.15, 0.2) is 36.9 Å². The molecule has 0 radical (unpaired) electrons. The third kappa shape index (κ3) is 3.84. The van der Waals surface area contributed by atoms with E-state index in [1.807, 2.05) is 29.2 Å². The van der Waals surface area contributed by atoms with E-state index in [0.29, 0.717) is 19.6 Å². The van der Waals surface area contributed by atoms with E-state index in [-0.39, 0.29) is 11.8 Å². The molecule has 0 aromatic heterocycles. The minimum atomic E-state index is -0.0403. The molecule has 1 aromatic carbocycles. The van der Waals surface area contributed by atoms with Crippen LogP contribution in [0.1, 0.15) is 17.3 Å². The van der Waals surface area contributed by atoms with Crippen LogP contribution in [0, 0.1) is 0 Å². The summed E-state index contributed by atoms with van der Waals surface area (Å²) in [4.78, 5) is 27.1. The molecule has 5 heteroatoms. The Morgan fingerprint density at radius 1 is 1.19 bits per heavy atom. The molecule has 1 N–H and O–H groups in total. The first-order valence-corrected chi connectivity index (χ1v) is 7.11. The van der Waals surface area contributed by atoms with Crippen LogP contribution in [0.4, 0.5) is 10.5 Å². The van der Waals surface area contributed by atoms with Gasteiger partial charge in [-0.1, -0.05) is 6.08 Å². The number of carbonyl (C=O) groups excluding carboxylic acids is 2. The highest BCUT2D eigenvalue weighted by molar-refractivity contribution is 5.94. The number of piperazine rings is 1. The van der Waals surface area contributed by atoms with Crippen molar-refractivity contribution < 1.29 is 9.59 Å². The van der Waals surface area contributed by atoms with E-state index in [0.717, 1.165) is 24.3 Å². The normalized spacial score (nSPS) is 14.7. The van der Waals surface area contributed by atoms with Crippen molar-refractivity contribution in [1.82, 2.24) is 10.2 Å². The summed E-state index contributed by atoms with van der Waals surface area (Å²) in [6.07, 6.45) is 1.67. The maximum absolute atomic E-state index is 11.8. The van der Waals surface area contributed by atoms with E-state index in [9.17, 15) is 9.59 Å². The van der Waals surface area contributed by atoms with Gasteiger partial charge in [-0.05, 0) is 31.2 Å². The Morgan fingerprint density at radius 3 is 2.33 bits per heavy atom. The molecular weight excluding hydrogens is 266 g/mol. The Bertz CT molecular complexity index is 517. The summed E-state index contributed by atoms with van der Waals surface area (Å²) in [5, 5.41) is 2.79. The standard InChI is InChI=1S/C16H21N3O2/c1-3-8-17-16(21)19-11-9-18(10-12-19)15-6-4-14(5-7-15)13(2)20/h3-7H,1,8-12H2,2H3,(H,17,21). The van der Waals surface area contributed by atoms with Gasteiger partial charge in [-0.15, -0.1) is 6.58 Å². The minimum Gasteiger partial charge on any atom is -0.368 e. The second kappa shape index (κ2) is 6.92. The van der Waals surface area contributed by atoms with Gasteiger partial charge >= 0.3 is 6.03 Å². The van der Waals surface area contributed by atoms with Crippen molar-refractivity contribution in [1.29, 1.82) is 0 Å². The average molecular weight is 287 g/mol. The summed E-state index contributed by atoms with van der Waals surface area (Å²) in [7, 11) is 0. The first-order chi connectivity index (χ1) is 10.1. The molecule has 1 saturated heterocycles. The number of benzene rings is 1. The molecule has 0 spiro atoms. The summed E-state index contributed by atoms with van der Waals surface area (Å²) < 4.78 is 0. The van der Waals surface area contributed by atoms with Crippen LogP contribution in [-0.2, 0) is 0 Å². The summed E-state index contributed by atoms with van der Waals surface area (Å²) in [6.45, 7) is 8.61. The number of ketones is 1. The lowest BCUT2D eigenvalue weighted by molar-refractivity contribution is 0.101. The van der Waals surface area contributed by atoms with Crippen molar-refractivity contribution >= 4 is 17.5 Å². The summed E-state index contributed by atoms with van der Waals surface area (Å²) >= 11 is 0. The van der Waals surface area contributed by atoms with Crippen molar-refractivity contribution in [3.05, 3.63) is 42.5 Å². The minimum absolute atomic E-state index is 0.0403. The van der Waals surface area contributed by atoms with E-state index in [4.69, 9.17) is 0 Å². The number of hydrogen-bond donors (Lipinski definition) is 1. The molecule has 1 aromatic rings. The van der Waals surface area contributed by atoms with Crippen LogP contribution >= 0.6 is 0 Å². The smallest absolute Gasteiger partial charge is 0.317 e. The zero-order valence-corrected chi connectivity index (χ0v) is 12.3. The summed E-state index contributed by atoms with van der Waals surface area (Å²) in [5.74, 6) is 0.0743. The SMILES string of the molecule is C=CCNC(=O)N1CCN(c2ccc(C(C)=O)cc2)CC1. The van der Waals surface area contributed by atoms with Gasteiger partial charge in [-0.3, -0.25) is 4.79 Å². The third-order valence-corrected chi connectivity index (χ3v) is 3.60. The fourth-order valence-electron chi connectivity index (χ4n) is 2.35. The van der Waals surface area contributed by atoms with Gasteiger partial charge in [0.15, 0.2) is 5.78 Å². The number of rotatable bonds is 4. The van der Waals surface area contributed by atoms with E-state index >= 15 is 0 Å². The zero-order valence-electron chi connectivity index (χ0n) is 12.3. The monoisotopic (exact) mass is 287 g/mol. The average Bonchev–Trinajstić information content (AvgIpc) is 2.53. The number of nitrogens with zero attached hydrogens (tertiary/aromatic N) is 2.